The highest BCUT2D eigenvalue weighted by atomic mass is 79.9. The van der Waals surface area contributed by atoms with Gasteiger partial charge in [0, 0.05) is 10.5 Å². The lowest BCUT2D eigenvalue weighted by molar-refractivity contribution is 0.459. The second kappa shape index (κ2) is 4.80. The van der Waals surface area contributed by atoms with Crippen LogP contribution in [0.15, 0.2) is 39.5 Å². The monoisotopic (exact) mass is 343 g/mol. The van der Waals surface area contributed by atoms with Crippen LogP contribution >= 0.6 is 31.9 Å². The van der Waals surface area contributed by atoms with E-state index in [4.69, 9.17) is 10.5 Å². The smallest absolute Gasteiger partial charge is 0.224 e. The number of rotatable bonds is 2. The predicted molar refractivity (Wildman–Crippen MR) is 68.4 cm³/mol. The molecule has 0 amide bonds. The zero-order valence-electron chi connectivity index (χ0n) is 8.02. The predicted octanol–water partition coefficient (Wildman–Crippen LogP) is 3.38. The van der Waals surface area contributed by atoms with Crippen molar-refractivity contribution in [2.75, 3.05) is 5.73 Å². The van der Waals surface area contributed by atoms with Crippen molar-refractivity contribution >= 4 is 37.7 Å². The Kier molecular flexibility index (Phi) is 3.40. The van der Waals surface area contributed by atoms with Crippen LogP contribution in [0, 0.1) is 0 Å². The number of nitrogen functional groups attached to an aromatic ring is 1. The summed E-state index contributed by atoms with van der Waals surface area (Å²) >= 11 is 6.76. The standard InChI is InChI=1S/C10H7Br2N3O/c11-6-1-2-8(7(12)3-6)16-10-4-9(13)14-5-15-10/h1-5H,(H2,13,14,15). The average Bonchev–Trinajstić information content (AvgIpc) is 2.22. The van der Waals surface area contributed by atoms with E-state index in [-0.39, 0.29) is 0 Å². The molecule has 1 aromatic heterocycles. The fourth-order valence-electron chi connectivity index (χ4n) is 1.08. The van der Waals surface area contributed by atoms with Crippen LogP contribution in [0.5, 0.6) is 11.6 Å². The Morgan fingerprint density at radius 3 is 2.62 bits per heavy atom. The Labute approximate surface area is 109 Å². The van der Waals surface area contributed by atoms with Crippen LogP contribution in [0.3, 0.4) is 0 Å². The van der Waals surface area contributed by atoms with E-state index in [1.54, 1.807) is 6.07 Å². The molecule has 2 N–H and O–H groups in total. The molecule has 6 heteroatoms. The van der Waals surface area contributed by atoms with Gasteiger partial charge in [0.25, 0.3) is 0 Å². The summed E-state index contributed by atoms with van der Waals surface area (Å²) in [4.78, 5) is 7.74. The molecule has 0 saturated carbocycles. The van der Waals surface area contributed by atoms with Gasteiger partial charge in [-0.25, -0.2) is 9.97 Å². The molecule has 1 heterocycles. The Bertz CT molecular complexity index is 519. The molecule has 0 aliphatic rings. The fraction of sp³-hybridized carbons (Fsp3) is 0. The largest absolute Gasteiger partial charge is 0.438 e. The molecule has 0 fully saturated rings. The molecule has 0 unspecified atom stereocenters. The zero-order chi connectivity index (χ0) is 11.5. The van der Waals surface area contributed by atoms with Gasteiger partial charge in [-0.05, 0) is 34.1 Å². The van der Waals surface area contributed by atoms with Crippen LogP contribution in [0.4, 0.5) is 5.82 Å². The first-order valence-corrected chi connectivity index (χ1v) is 5.94. The molecule has 0 spiro atoms. The summed E-state index contributed by atoms with van der Waals surface area (Å²) in [5.74, 6) is 1.45. The molecule has 0 aliphatic carbocycles. The Morgan fingerprint density at radius 2 is 1.94 bits per heavy atom. The third kappa shape index (κ3) is 2.70. The molecule has 2 aromatic rings. The van der Waals surface area contributed by atoms with Crippen molar-refractivity contribution in [3.63, 3.8) is 0 Å². The van der Waals surface area contributed by atoms with Crippen molar-refractivity contribution in [2.45, 2.75) is 0 Å². The van der Waals surface area contributed by atoms with E-state index in [0.29, 0.717) is 17.4 Å². The number of halogens is 2. The van der Waals surface area contributed by atoms with E-state index < -0.39 is 0 Å². The second-order valence-corrected chi connectivity index (χ2v) is 4.73. The highest BCUT2D eigenvalue weighted by molar-refractivity contribution is 9.11. The van der Waals surface area contributed by atoms with Gasteiger partial charge in [0.05, 0.1) is 4.47 Å². The van der Waals surface area contributed by atoms with Gasteiger partial charge in [-0.15, -0.1) is 0 Å². The topological polar surface area (TPSA) is 61.0 Å². The lowest BCUT2D eigenvalue weighted by Crippen LogP contribution is -1.94. The van der Waals surface area contributed by atoms with Gasteiger partial charge < -0.3 is 10.5 Å². The summed E-state index contributed by atoms with van der Waals surface area (Å²) < 4.78 is 7.35. The number of aromatic nitrogens is 2. The highest BCUT2D eigenvalue weighted by Crippen LogP contribution is 2.31. The molecular weight excluding hydrogens is 338 g/mol. The van der Waals surface area contributed by atoms with Crippen molar-refractivity contribution in [3.05, 3.63) is 39.5 Å². The number of anilines is 1. The summed E-state index contributed by atoms with van der Waals surface area (Å²) in [6.45, 7) is 0. The molecule has 82 valence electrons. The average molecular weight is 345 g/mol. The molecule has 0 saturated heterocycles. The number of nitrogens with zero attached hydrogens (tertiary/aromatic N) is 2. The van der Waals surface area contributed by atoms with E-state index in [0.717, 1.165) is 8.95 Å². The summed E-state index contributed by atoms with van der Waals surface area (Å²) in [6.07, 6.45) is 1.36. The summed E-state index contributed by atoms with van der Waals surface area (Å²) in [6, 6.07) is 7.16. The zero-order valence-corrected chi connectivity index (χ0v) is 11.2. The van der Waals surface area contributed by atoms with Gasteiger partial charge >= 0.3 is 0 Å². The molecule has 4 nitrogen and oxygen atoms in total. The first-order valence-electron chi connectivity index (χ1n) is 4.35. The lowest BCUT2D eigenvalue weighted by atomic mass is 10.3. The lowest BCUT2D eigenvalue weighted by Gasteiger charge is -2.06. The molecule has 0 atom stereocenters. The highest BCUT2D eigenvalue weighted by Gasteiger charge is 2.04. The molecule has 1 aromatic carbocycles. The van der Waals surface area contributed by atoms with Gasteiger partial charge in [0.1, 0.15) is 17.9 Å². The number of hydrogen-bond acceptors (Lipinski definition) is 4. The Balaban J connectivity index is 2.27. The number of nitrogens with two attached hydrogens (primary N) is 1. The van der Waals surface area contributed by atoms with E-state index in [1.165, 1.54) is 6.33 Å². The first-order chi connectivity index (χ1) is 7.65. The van der Waals surface area contributed by atoms with Crippen molar-refractivity contribution in [1.29, 1.82) is 0 Å². The van der Waals surface area contributed by atoms with Gasteiger partial charge in [0.15, 0.2) is 0 Å². The van der Waals surface area contributed by atoms with Crippen molar-refractivity contribution in [3.8, 4) is 11.6 Å². The summed E-state index contributed by atoms with van der Waals surface area (Å²) in [5, 5.41) is 0. The van der Waals surface area contributed by atoms with Crippen molar-refractivity contribution in [2.24, 2.45) is 0 Å². The van der Waals surface area contributed by atoms with E-state index in [1.807, 2.05) is 18.2 Å². The molecule has 16 heavy (non-hydrogen) atoms. The maximum Gasteiger partial charge on any atom is 0.224 e. The molecule has 2 rings (SSSR count). The minimum absolute atomic E-state index is 0.373. The van der Waals surface area contributed by atoms with Crippen LogP contribution in [0.1, 0.15) is 0 Å². The normalized spacial score (nSPS) is 10.1. The van der Waals surface area contributed by atoms with Crippen molar-refractivity contribution in [1.82, 2.24) is 9.97 Å². The van der Waals surface area contributed by atoms with Crippen LogP contribution in [-0.4, -0.2) is 9.97 Å². The van der Waals surface area contributed by atoms with Crippen LogP contribution in [0.2, 0.25) is 0 Å². The molecule has 0 bridgehead atoms. The van der Waals surface area contributed by atoms with Crippen LogP contribution in [-0.2, 0) is 0 Å². The Morgan fingerprint density at radius 1 is 1.12 bits per heavy atom. The summed E-state index contributed by atoms with van der Waals surface area (Å²) in [7, 11) is 0. The van der Waals surface area contributed by atoms with Crippen LogP contribution < -0.4 is 10.5 Å². The number of ether oxygens (including phenoxy) is 1. The maximum atomic E-state index is 5.55. The number of hydrogen-bond donors (Lipinski definition) is 1. The Hall–Kier alpha value is -1.14. The molecule has 0 radical (unpaired) electrons. The first kappa shape index (κ1) is 11.3. The maximum absolute atomic E-state index is 5.55. The van der Waals surface area contributed by atoms with E-state index in [9.17, 15) is 0 Å². The second-order valence-electron chi connectivity index (χ2n) is 2.96. The van der Waals surface area contributed by atoms with Gasteiger partial charge in [-0.3, -0.25) is 0 Å². The molecular formula is C10H7Br2N3O. The van der Waals surface area contributed by atoms with E-state index >= 15 is 0 Å². The third-order valence-corrected chi connectivity index (χ3v) is 2.88. The van der Waals surface area contributed by atoms with E-state index in [2.05, 4.69) is 41.8 Å². The molecule has 0 aliphatic heterocycles. The SMILES string of the molecule is Nc1cc(Oc2ccc(Br)cc2Br)ncn1. The van der Waals surface area contributed by atoms with Gasteiger partial charge in [-0.2, -0.15) is 0 Å². The summed E-state index contributed by atoms with van der Waals surface area (Å²) in [5.41, 5.74) is 5.52. The minimum Gasteiger partial charge on any atom is -0.438 e. The van der Waals surface area contributed by atoms with Gasteiger partial charge in [0.2, 0.25) is 5.88 Å². The van der Waals surface area contributed by atoms with Gasteiger partial charge in [-0.1, -0.05) is 15.9 Å². The van der Waals surface area contributed by atoms with Crippen LogP contribution in [0.25, 0.3) is 0 Å². The fourth-order valence-corrected chi connectivity index (χ4v) is 2.21. The minimum atomic E-state index is 0.373. The van der Waals surface area contributed by atoms with Crippen molar-refractivity contribution < 1.29 is 4.74 Å². The third-order valence-electron chi connectivity index (χ3n) is 1.77. The quantitative estimate of drug-likeness (QED) is 0.907. The number of benzene rings is 1.